The van der Waals surface area contributed by atoms with Gasteiger partial charge in [0, 0.05) is 19.8 Å². The lowest BCUT2D eigenvalue weighted by molar-refractivity contribution is -0.137. The van der Waals surface area contributed by atoms with Crippen LogP contribution >= 0.6 is 0 Å². The maximum Gasteiger partial charge on any atom is 0.323 e. The van der Waals surface area contributed by atoms with Gasteiger partial charge in [-0.25, -0.2) is 0 Å². The third kappa shape index (κ3) is 2.59. The molecule has 16 heavy (non-hydrogen) atoms. The molecule has 0 saturated heterocycles. The number of hydrogen-bond acceptors (Lipinski definition) is 3. The molecule has 0 atom stereocenters. The van der Waals surface area contributed by atoms with Gasteiger partial charge in [0.25, 0.3) is 5.91 Å². The molecule has 1 heterocycles. The number of aryl methyl sites for hydroxylation is 2. The largest absolute Gasteiger partial charge is 0.480 e. The van der Waals surface area contributed by atoms with E-state index in [1.165, 1.54) is 9.58 Å². The van der Waals surface area contributed by atoms with Crippen LogP contribution in [0.25, 0.3) is 0 Å². The van der Waals surface area contributed by atoms with Crippen molar-refractivity contribution in [1.29, 1.82) is 0 Å². The van der Waals surface area contributed by atoms with E-state index < -0.39 is 5.97 Å². The normalized spacial score (nSPS) is 10.2. The number of likely N-dealkylation sites (N-methyl/N-ethyl adjacent to an activating group) is 1. The highest BCUT2D eigenvalue weighted by Crippen LogP contribution is 2.08. The van der Waals surface area contributed by atoms with Crippen LogP contribution < -0.4 is 0 Å². The molecule has 1 aromatic heterocycles. The van der Waals surface area contributed by atoms with E-state index in [1.807, 2.05) is 0 Å². The molecule has 0 aliphatic carbocycles. The van der Waals surface area contributed by atoms with Gasteiger partial charge in [-0.2, -0.15) is 5.10 Å². The molecule has 0 spiro atoms. The molecule has 0 radical (unpaired) electrons. The summed E-state index contributed by atoms with van der Waals surface area (Å²) in [5.74, 6) is -1.31. The average molecular weight is 225 g/mol. The van der Waals surface area contributed by atoms with E-state index >= 15 is 0 Å². The zero-order chi connectivity index (χ0) is 12.3. The summed E-state index contributed by atoms with van der Waals surface area (Å²) >= 11 is 0. The third-order valence-electron chi connectivity index (χ3n) is 2.24. The highest BCUT2D eigenvalue weighted by molar-refractivity contribution is 5.96. The number of amides is 1. The lowest BCUT2D eigenvalue weighted by Crippen LogP contribution is -2.35. The Hall–Kier alpha value is -1.85. The molecule has 0 fully saturated rings. The molecule has 1 N–H and O–H groups in total. The average Bonchev–Trinajstić information content (AvgIpc) is 2.53. The summed E-state index contributed by atoms with van der Waals surface area (Å²) in [7, 11) is 1.72. The molecular weight excluding hydrogens is 210 g/mol. The predicted octanol–water partition coefficient (Wildman–Crippen LogP) is 0.275. The van der Waals surface area contributed by atoms with Gasteiger partial charge >= 0.3 is 5.97 Å². The van der Waals surface area contributed by atoms with Gasteiger partial charge in [0.05, 0.1) is 11.3 Å². The Bertz CT molecular complexity index is 411. The van der Waals surface area contributed by atoms with Gasteiger partial charge in [-0.1, -0.05) is 0 Å². The maximum absolute atomic E-state index is 12.0. The summed E-state index contributed by atoms with van der Waals surface area (Å²) in [6.45, 7) is 3.54. The highest BCUT2D eigenvalue weighted by Gasteiger charge is 2.20. The van der Waals surface area contributed by atoms with Crippen LogP contribution in [0, 0.1) is 6.92 Å². The van der Waals surface area contributed by atoms with Crippen molar-refractivity contribution in [2.75, 3.05) is 13.1 Å². The van der Waals surface area contributed by atoms with Crippen LogP contribution in [0.4, 0.5) is 0 Å². The number of rotatable bonds is 4. The van der Waals surface area contributed by atoms with E-state index in [-0.39, 0.29) is 12.5 Å². The van der Waals surface area contributed by atoms with Crippen LogP contribution in [0.5, 0.6) is 0 Å². The van der Waals surface area contributed by atoms with Gasteiger partial charge in [-0.3, -0.25) is 14.3 Å². The van der Waals surface area contributed by atoms with Gasteiger partial charge in [0.2, 0.25) is 0 Å². The van der Waals surface area contributed by atoms with E-state index in [1.54, 1.807) is 27.1 Å². The molecule has 0 aliphatic heterocycles. The van der Waals surface area contributed by atoms with E-state index in [0.717, 1.165) is 0 Å². The Morgan fingerprint density at radius 2 is 2.19 bits per heavy atom. The minimum atomic E-state index is -1.02. The molecule has 1 aromatic rings. The van der Waals surface area contributed by atoms with Gasteiger partial charge in [0.15, 0.2) is 0 Å². The number of carbonyl (C=O) groups is 2. The van der Waals surface area contributed by atoms with Crippen molar-refractivity contribution in [3.63, 3.8) is 0 Å². The molecule has 6 heteroatoms. The van der Waals surface area contributed by atoms with Crippen molar-refractivity contribution in [3.8, 4) is 0 Å². The third-order valence-corrected chi connectivity index (χ3v) is 2.24. The van der Waals surface area contributed by atoms with E-state index in [2.05, 4.69) is 5.10 Å². The first kappa shape index (κ1) is 12.2. The summed E-state index contributed by atoms with van der Waals surface area (Å²) in [5, 5.41) is 12.7. The van der Waals surface area contributed by atoms with Crippen LogP contribution in [-0.2, 0) is 11.8 Å². The van der Waals surface area contributed by atoms with E-state index in [9.17, 15) is 9.59 Å². The maximum atomic E-state index is 12.0. The lowest BCUT2D eigenvalue weighted by atomic mass is 10.2. The number of aromatic nitrogens is 2. The van der Waals surface area contributed by atoms with Gasteiger partial charge in [-0.05, 0) is 13.8 Å². The first-order chi connectivity index (χ1) is 7.45. The zero-order valence-electron chi connectivity index (χ0n) is 9.60. The fourth-order valence-corrected chi connectivity index (χ4v) is 1.47. The fourth-order valence-electron chi connectivity index (χ4n) is 1.47. The second-order valence-corrected chi connectivity index (χ2v) is 3.51. The van der Waals surface area contributed by atoms with Crippen molar-refractivity contribution >= 4 is 11.9 Å². The zero-order valence-corrected chi connectivity index (χ0v) is 9.60. The topological polar surface area (TPSA) is 75.4 Å². The van der Waals surface area contributed by atoms with Crippen LogP contribution in [0.2, 0.25) is 0 Å². The van der Waals surface area contributed by atoms with Crippen molar-refractivity contribution in [3.05, 3.63) is 17.5 Å². The van der Waals surface area contributed by atoms with Crippen LogP contribution in [-0.4, -0.2) is 44.8 Å². The molecule has 88 valence electrons. The Balaban J connectivity index is 2.91. The summed E-state index contributed by atoms with van der Waals surface area (Å²) in [6, 6.07) is 0. The highest BCUT2D eigenvalue weighted by atomic mass is 16.4. The molecule has 1 amide bonds. The molecule has 1 rings (SSSR count). The summed E-state index contributed by atoms with van der Waals surface area (Å²) in [5.41, 5.74) is 1.06. The quantitative estimate of drug-likeness (QED) is 0.798. The number of carboxylic acids is 1. The van der Waals surface area contributed by atoms with Crippen molar-refractivity contribution < 1.29 is 14.7 Å². The van der Waals surface area contributed by atoms with Crippen molar-refractivity contribution in [2.45, 2.75) is 13.8 Å². The Labute approximate surface area is 93.5 Å². The van der Waals surface area contributed by atoms with Gasteiger partial charge in [0.1, 0.15) is 6.54 Å². The Kier molecular flexibility index (Phi) is 3.65. The van der Waals surface area contributed by atoms with Crippen molar-refractivity contribution in [2.24, 2.45) is 7.05 Å². The first-order valence-corrected chi connectivity index (χ1v) is 4.97. The molecular formula is C10H15N3O3. The van der Waals surface area contributed by atoms with Crippen LogP contribution in [0.3, 0.4) is 0 Å². The molecule has 6 nitrogen and oxygen atoms in total. The van der Waals surface area contributed by atoms with Gasteiger partial charge in [-0.15, -0.1) is 0 Å². The Morgan fingerprint density at radius 1 is 1.56 bits per heavy atom. The molecule has 0 unspecified atom stereocenters. The monoisotopic (exact) mass is 225 g/mol. The summed E-state index contributed by atoms with van der Waals surface area (Å²) in [4.78, 5) is 23.8. The number of aliphatic carboxylic acids is 1. The standard InChI is InChI=1S/C10H15N3O3/c1-4-13(6-9(14)15)10(16)8-5-12(3)11-7(8)2/h5H,4,6H2,1-3H3,(H,14,15). The van der Waals surface area contributed by atoms with Gasteiger partial charge < -0.3 is 10.0 Å². The number of nitrogens with zero attached hydrogens (tertiary/aromatic N) is 3. The van der Waals surface area contributed by atoms with Crippen LogP contribution in [0.15, 0.2) is 6.20 Å². The lowest BCUT2D eigenvalue weighted by Gasteiger charge is -2.17. The molecule has 0 saturated carbocycles. The molecule has 0 aromatic carbocycles. The Morgan fingerprint density at radius 3 is 2.56 bits per heavy atom. The minimum Gasteiger partial charge on any atom is -0.480 e. The number of carbonyl (C=O) groups excluding carboxylic acids is 1. The predicted molar refractivity (Wildman–Crippen MR) is 57.2 cm³/mol. The van der Waals surface area contributed by atoms with E-state index in [0.29, 0.717) is 17.8 Å². The van der Waals surface area contributed by atoms with Crippen LogP contribution in [0.1, 0.15) is 23.0 Å². The summed E-state index contributed by atoms with van der Waals surface area (Å²) < 4.78 is 1.54. The smallest absolute Gasteiger partial charge is 0.323 e. The minimum absolute atomic E-state index is 0.288. The number of hydrogen-bond donors (Lipinski definition) is 1. The second kappa shape index (κ2) is 4.78. The first-order valence-electron chi connectivity index (χ1n) is 4.97. The molecule has 0 aliphatic rings. The fraction of sp³-hybridized carbons (Fsp3) is 0.500. The SMILES string of the molecule is CCN(CC(=O)O)C(=O)c1cn(C)nc1C. The second-order valence-electron chi connectivity index (χ2n) is 3.51. The van der Waals surface area contributed by atoms with Crippen molar-refractivity contribution in [1.82, 2.24) is 14.7 Å². The van der Waals surface area contributed by atoms with E-state index in [4.69, 9.17) is 5.11 Å². The number of carboxylic acid groups (broad SMARTS) is 1. The summed E-state index contributed by atoms with van der Waals surface area (Å²) in [6.07, 6.45) is 1.60. The molecule has 0 bridgehead atoms.